The smallest absolute Gasteiger partial charge is 0.0635 e. The Hall–Kier alpha value is -1.58. The maximum atomic E-state index is 9.45. The van der Waals surface area contributed by atoms with Crippen LogP contribution >= 0.6 is 0 Å². The van der Waals surface area contributed by atoms with Gasteiger partial charge < -0.3 is 16.2 Å². The molecule has 102 valence electrons. The normalized spacial score (nSPS) is 12.9. The summed E-state index contributed by atoms with van der Waals surface area (Å²) in [5, 5.41) is 15.2. The first-order valence-corrected chi connectivity index (χ1v) is 6.75. The van der Waals surface area contributed by atoms with Crippen molar-refractivity contribution in [2.75, 3.05) is 11.9 Å². The summed E-state index contributed by atoms with van der Waals surface area (Å²) in [4.78, 5) is 0. The summed E-state index contributed by atoms with van der Waals surface area (Å²) in [5.74, 6) is 0.373. The van der Waals surface area contributed by atoms with Gasteiger partial charge in [-0.3, -0.25) is 0 Å². The van der Waals surface area contributed by atoms with Crippen molar-refractivity contribution in [2.24, 2.45) is 11.7 Å². The van der Waals surface area contributed by atoms with Crippen LogP contribution < -0.4 is 11.1 Å². The zero-order valence-corrected chi connectivity index (χ0v) is 11.6. The van der Waals surface area contributed by atoms with Crippen LogP contribution in [0, 0.1) is 5.92 Å². The zero-order valence-electron chi connectivity index (χ0n) is 11.6. The summed E-state index contributed by atoms with van der Waals surface area (Å²) in [5.41, 5.74) is 7.98. The molecule has 0 fully saturated rings. The number of fused-ring (bicyclic) bond motifs is 1. The van der Waals surface area contributed by atoms with E-state index in [1.165, 1.54) is 5.39 Å². The van der Waals surface area contributed by atoms with E-state index in [1.807, 2.05) is 12.1 Å². The van der Waals surface area contributed by atoms with Crippen LogP contribution in [0.2, 0.25) is 0 Å². The second kappa shape index (κ2) is 6.04. The summed E-state index contributed by atoms with van der Waals surface area (Å²) in [7, 11) is 0. The summed E-state index contributed by atoms with van der Waals surface area (Å²) >= 11 is 0. The largest absolute Gasteiger partial charge is 0.394 e. The highest BCUT2D eigenvalue weighted by molar-refractivity contribution is 5.96. The van der Waals surface area contributed by atoms with Crippen LogP contribution in [-0.4, -0.2) is 17.8 Å². The van der Waals surface area contributed by atoms with Gasteiger partial charge in [0.2, 0.25) is 0 Å². The Bertz CT molecular complexity index is 551. The van der Waals surface area contributed by atoms with Crippen molar-refractivity contribution >= 4 is 16.5 Å². The highest BCUT2D eigenvalue weighted by Gasteiger charge is 2.13. The monoisotopic (exact) mass is 258 g/mol. The number of hydrogen-bond donors (Lipinski definition) is 3. The molecule has 0 aliphatic carbocycles. The maximum Gasteiger partial charge on any atom is 0.0635 e. The predicted octanol–water partition coefficient (Wildman–Crippen LogP) is 2.73. The van der Waals surface area contributed by atoms with Crippen LogP contribution in [0.1, 0.15) is 19.4 Å². The Morgan fingerprint density at radius 3 is 2.37 bits per heavy atom. The van der Waals surface area contributed by atoms with Crippen molar-refractivity contribution in [1.29, 1.82) is 0 Å². The topological polar surface area (TPSA) is 58.3 Å². The summed E-state index contributed by atoms with van der Waals surface area (Å²) < 4.78 is 0. The molecule has 0 aromatic heterocycles. The Labute approximate surface area is 114 Å². The molecule has 0 radical (unpaired) electrons. The van der Waals surface area contributed by atoms with Gasteiger partial charge in [0.15, 0.2) is 0 Å². The van der Waals surface area contributed by atoms with Gasteiger partial charge in [0.05, 0.1) is 12.6 Å². The minimum Gasteiger partial charge on any atom is -0.394 e. The fraction of sp³-hybridized carbons (Fsp3) is 0.375. The van der Waals surface area contributed by atoms with E-state index in [-0.39, 0.29) is 12.6 Å². The third-order valence-electron chi connectivity index (χ3n) is 3.58. The van der Waals surface area contributed by atoms with Gasteiger partial charge in [-0.2, -0.15) is 0 Å². The molecule has 0 bridgehead atoms. The number of aliphatic hydroxyl groups excluding tert-OH is 1. The highest BCUT2D eigenvalue weighted by atomic mass is 16.3. The summed E-state index contributed by atoms with van der Waals surface area (Å²) in [6.07, 6.45) is 0. The van der Waals surface area contributed by atoms with Crippen LogP contribution in [0.5, 0.6) is 0 Å². The number of anilines is 1. The molecule has 1 atom stereocenters. The minimum absolute atomic E-state index is 0.0622. The molecule has 3 nitrogen and oxygen atoms in total. The quantitative estimate of drug-likeness (QED) is 0.773. The fourth-order valence-electron chi connectivity index (χ4n) is 2.29. The van der Waals surface area contributed by atoms with E-state index in [0.717, 1.165) is 16.6 Å². The van der Waals surface area contributed by atoms with Gasteiger partial charge in [0.25, 0.3) is 0 Å². The average Bonchev–Trinajstić information content (AvgIpc) is 2.44. The Morgan fingerprint density at radius 2 is 1.79 bits per heavy atom. The van der Waals surface area contributed by atoms with E-state index in [2.05, 4.69) is 43.4 Å². The van der Waals surface area contributed by atoms with Crippen LogP contribution in [0.3, 0.4) is 0 Å². The van der Waals surface area contributed by atoms with Gasteiger partial charge in [-0.15, -0.1) is 0 Å². The van der Waals surface area contributed by atoms with Crippen LogP contribution in [0.25, 0.3) is 10.8 Å². The molecule has 4 N–H and O–H groups in total. The number of nitrogens with two attached hydrogens (primary N) is 1. The van der Waals surface area contributed by atoms with Crippen molar-refractivity contribution in [3.8, 4) is 0 Å². The molecule has 0 amide bonds. The molecule has 1 unspecified atom stereocenters. The first kappa shape index (κ1) is 13.8. The van der Waals surface area contributed by atoms with Crippen molar-refractivity contribution in [3.63, 3.8) is 0 Å². The lowest BCUT2D eigenvalue weighted by Crippen LogP contribution is -2.29. The van der Waals surface area contributed by atoms with Gasteiger partial charge in [-0.1, -0.05) is 44.2 Å². The molecule has 3 heteroatoms. The zero-order chi connectivity index (χ0) is 13.8. The molecule has 0 saturated heterocycles. The molecule has 0 aliphatic rings. The van der Waals surface area contributed by atoms with E-state index < -0.39 is 0 Å². The predicted molar refractivity (Wildman–Crippen MR) is 81.2 cm³/mol. The number of nitrogens with one attached hydrogen (secondary N) is 1. The Kier molecular flexibility index (Phi) is 4.40. The molecule has 19 heavy (non-hydrogen) atoms. The SMILES string of the molecule is CC(C)C(CO)Nc1ccc(CN)c2ccccc12. The lowest BCUT2D eigenvalue weighted by Gasteiger charge is -2.22. The van der Waals surface area contributed by atoms with Gasteiger partial charge >= 0.3 is 0 Å². The molecule has 2 aromatic rings. The molecule has 0 spiro atoms. The molecule has 0 aliphatic heterocycles. The minimum atomic E-state index is 0.0622. The average molecular weight is 258 g/mol. The number of rotatable bonds is 5. The molecule has 2 aromatic carbocycles. The molecule has 0 saturated carbocycles. The third-order valence-corrected chi connectivity index (χ3v) is 3.58. The van der Waals surface area contributed by atoms with Gasteiger partial charge in [0.1, 0.15) is 0 Å². The van der Waals surface area contributed by atoms with E-state index in [9.17, 15) is 5.11 Å². The second-order valence-corrected chi connectivity index (χ2v) is 5.20. The highest BCUT2D eigenvalue weighted by Crippen LogP contribution is 2.27. The summed E-state index contributed by atoms with van der Waals surface area (Å²) in [6.45, 7) is 4.87. The molecular formula is C16H22N2O. The standard InChI is InChI=1S/C16H22N2O/c1-11(2)16(10-19)18-15-8-7-12(9-17)13-5-3-4-6-14(13)15/h3-8,11,16,18-19H,9-10,17H2,1-2H3. The van der Waals surface area contributed by atoms with E-state index in [4.69, 9.17) is 5.73 Å². The summed E-state index contributed by atoms with van der Waals surface area (Å²) in [6, 6.07) is 12.4. The number of aliphatic hydroxyl groups is 1. The van der Waals surface area contributed by atoms with E-state index in [0.29, 0.717) is 12.5 Å². The molecular weight excluding hydrogens is 236 g/mol. The first-order chi connectivity index (χ1) is 9.17. The van der Waals surface area contributed by atoms with Crippen molar-refractivity contribution < 1.29 is 5.11 Å². The molecule has 2 rings (SSSR count). The lowest BCUT2D eigenvalue weighted by atomic mass is 10.0. The van der Waals surface area contributed by atoms with Crippen molar-refractivity contribution in [2.45, 2.75) is 26.4 Å². The van der Waals surface area contributed by atoms with Gasteiger partial charge in [-0.05, 0) is 22.9 Å². The van der Waals surface area contributed by atoms with Gasteiger partial charge in [0, 0.05) is 17.6 Å². The second-order valence-electron chi connectivity index (χ2n) is 5.20. The van der Waals surface area contributed by atoms with Crippen molar-refractivity contribution in [3.05, 3.63) is 42.0 Å². The van der Waals surface area contributed by atoms with Crippen LogP contribution in [0.4, 0.5) is 5.69 Å². The molecule has 0 heterocycles. The van der Waals surface area contributed by atoms with Crippen LogP contribution in [0.15, 0.2) is 36.4 Å². The lowest BCUT2D eigenvalue weighted by molar-refractivity contribution is 0.249. The Balaban J connectivity index is 2.44. The third kappa shape index (κ3) is 2.88. The van der Waals surface area contributed by atoms with E-state index >= 15 is 0 Å². The van der Waals surface area contributed by atoms with Crippen molar-refractivity contribution in [1.82, 2.24) is 0 Å². The maximum absolute atomic E-state index is 9.45. The number of hydrogen-bond acceptors (Lipinski definition) is 3. The van der Waals surface area contributed by atoms with E-state index in [1.54, 1.807) is 0 Å². The number of benzene rings is 2. The van der Waals surface area contributed by atoms with Crippen LogP contribution in [-0.2, 0) is 6.54 Å². The first-order valence-electron chi connectivity index (χ1n) is 6.75. The fourth-order valence-corrected chi connectivity index (χ4v) is 2.29. The Morgan fingerprint density at radius 1 is 1.11 bits per heavy atom. The van der Waals surface area contributed by atoms with Gasteiger partial charge in [-0.25, -0.2) is 0 Å².